The van der Waals surface area contributed by atoms with Gasteiger partial charge in [0.2, 0.25) is 0 Å². The van der Waals surface area contributed by atoms with Gasteiger partial charge >= 0.3 is 5.97 Å². The minimum atomic E-state index is -3.10. The highest BCUT2D eigenvalue weighted by Crippen LogP contribution is 2.52. The van der Waals surface area contributed by atoms with Crippen molar-refractivity contribution < 1.29 is 17.9 Å². The smallest absolute Gasteiger partial charge is 0.337 e. The summed E-state index contributed by atoms with van der Waals surface area (Å²) in [5.74, 6) is -0.416. The molecule has 5 heteroatoms. The van der Waals surface area contributed by atoms with Crippen molar-refractivity contribution in [3.8, 4) is 0 Å². The molecule has 92 valence electrons. The molecule has 4 nitrogen and oxygen atoms in total. The van der Waals surface area contributed by atoms with E-state index in [1.165, 1.54) is 13.4 Å². The van der Waals surface area contributed by atoms with E-state index < -0.39 is 20.6 Å². The molecule has 1 fully saturated rings. The first-order chi connectivity index (χ1) is 7.90. The van der Waals surface area contributed by atoms with Gasteiger partial charge in [0.25, 0.3) is 0 Å². The van der Waals surface area contributed by atoms with Crippen LogP contribution < -0.4 is 0 Å². The number of rotatable bonds is 3. The van der Waals surface area contributed by atoms with E-state index in [4.69, 9.17) is 0 Å². The SMILES string of the molecule is COC(=O)c1ccc(C2(S(C)(=O)=O)CC2)cc1. The van der Waals surface area contributed by atoms with Gasteiger partial charge in [0, 0.05) is 6.26 Å². The molecule has 1 aromatic rings. The number of hydrogen-bond acceptors (Lipinski definition) is 4. The van der Waals surface area contributed by atoms with Gasteiger partial charge in [-0.05, 0) is 30.5 Å². The predicted molar refractivity (Wildman–Crippen MR) is 63.5 cm³/mol. The van der Waals surface area contributed by atoms with Gasteiger partial charge in [0.05, 0.1) is 17.4 Å². The Morgan fingerprint density at radius 3 is 2.12 bits per heavy atom. The summed E-state index contributed by atoms with van der Waals surface area (Å²) >= 11 is 0. The fraction of sp³-hybridized carbons (Fsp3) is 0.417. The maximum absolute atomic E-state index is 11.7. The lowest BCUT2D eigenvalue weighted by Gasteiger charge is -2.13. The van der Waals surface area contributed by atoms with Crippen LogP contribution >= 0.6 is 0 Å². The van der Waals surface area contributed by atoms with Crippen LogP contribution in [0.2, 0.25) is 0 Å². The quantitative estimate of drug-likeness (QED) is 0.767. The van der Waals surface area contributed by atoms with E-state index in [9.17, 15) is 13.2 Å². The third kappa shape index (κ3) is 1.95. The summed E-state index contributed by atoms with van der Waals surface area (Å²) in [5, 5.41) is 0. The molecule has 1 aliphatic rings. The van der Waals surface area contributed by atoms with Crippen LogP contribution in [0, 0.1) is 0 Å². The van der Waals surface area contributed by atoms with Crippen LogP contribution in [-0.4, -0.2) is 27.8 Å². The molecule has 0 radical (unpaired) electrons. The number of methoxy groups -OCH3 is 1. The molecule has 0 N–H and O–H groups in total. The first-order valence-electron chi connectivity index (χ1n) is 5.29. The van der Waals surface area contributed by atoms with Gasteiger partial charge < -0.3 is 4.74 Å². The molecule has 0 aromatic heterocycles. The van der Waals surface area contributed by atoms with Crippen LogP contribution in [0.4, 0.5) is 0 Å². The molecule has 0 spiro atoms. The monoisotopic (exact) mass is 254 g/mol. The van der Waals surface area contributed by atoms with Crippen molar-refractivity contribution in [3.05, 3.63) is 35.4 Å². The van der Waals surface area contributed by atoms with E-state index in [2.05, 4.69) is 4.74 Å². The second-order valence-corrected chi connectivity index (χ2v) is 6.66. The fourth-order valence-corrected chi connectivity index (χ4v) is 3.42. The number of benzene rings is 1. The minimum Gasteiger partial charge on any atom is -0.465 e. The average Bonchev–Trinajstić information content (AvgIpc) is 3.08. The Bertz CT molecular complexity index is 538. The van der Waals surface area contributed by atoms with Crippen LogP contribution in [0.3, 0.4) is 0 Å². The van der Waals surface area contributed by atoms with Crippen molar-refractivity contribution in [3.63, 3.8) is 0 Å². The van der Waals surface area contributed by atoms with Crippen LogP contribution in [0.5, 0.6) is 0 Å². The first kappa shape index (κ1) is 12.1. The Morgan fingerprint density at radius 1 is 1.24 bits per heavy atom. The standard InChI is InChI=1S/C12H14O4S/c1-16-11(13)9-3-5-10(6-4-9)12(7-8-12)17(2,14)15/h3-6H,7-8H2,1-2H3. The molecule has 0 amide bonds. The largest absolute Gasteiger partial charge is 0.465 e. The molecule has 0 unspecified atom stereocenters. The predicted octanol–water partition coefficient (Wildman–Crippen LogP) is 1.51. The van der Waals surface area contributed by atoms with Crippen molar-refractivity contribution in [1.82, 2.24) is 0 Å². The molecular weight excluding hydrogens is 240 g/mol. The fourth-order valence-electron chi connectivity index (χ4n) is 2.01. The summed E-state index contributed by atoms with van der Waals surface area (Å²) in [6.45, 7) is 0. The molecule has 1 saturated carbocycles. The molecular formula is C12H14O4S. The Labute approximate surface area is 101 Å². The van der Waals surface area contributed by atoms with Crippen molar-refractivity contribution in [2.24, 2.45) is 0 Å². The van der Waals surface area contributed by atoms with Crippen molar-refractivity contribution in [1.29, 1.82) is 0 Å². The van der Waals surface area contributed by atoms with Crippen LogP contribution in [-0.2, 0) is 19.3 Å². The lowest BCUT2D eigenvalue weighted by atomic mass is 10.1. The van der Waals surface area contributed by atoms with Gasteiger partial charge in [-0.25, -0.2) is 13.2 Å². The highest BCUT2D eigenvalue weighted by molar-refractivity contribution is 7.92. The zero-order valence-electron chi connectivity index (χ0n) is 9.76. The van der Waals surface area contributed by atoms with Crippen molar-refractivity contribution in [2.75, 3.05) is 13.4 Å². The summed E-state index contributed by atoms with van der Waals surface area (Å²) < 4.78 is 27.3. The second-order valence-electron chi connectivity index (χ2n) is 4.34. The van der Waals surface area contributed by atoms with Gasteiger partial charge in [-0.15, -0.1) is 0 Å². The second kappa shape index (κ2) is 3.84. The normalized spacial score (nSPS) is 17.5. The third-order valence-corrected chi connectivity index (χ3v) is 5.31. The van der Waals surface area contributed by atoms with E-state index in [0.717, 1.165) is 5.56 Å². The third-order valence-electron chi connectivity index (χ3n) is 3.25. The minimum absolute atomic E-state index is 0.416. The lowest BCUT2D eigenvalue weighted by molar-refractivity contribution is 0.0600. The average molecular weight is 254 g/mol. The zero-order chi connectivity index (χ0) is 12.7. The molecule has 0 heterocycles. The number of carbonyl (C=O) groups is 1. The van der Waals surface area contributed by atoms with Crippen LogP contribution in [0.15, 0.2) is 24.3 Å². The Kier molecular flexibility index (Phi) is 2.73. The summed E-state index contributed by atoms with van der Waals surface area (Å²) in [4.78, 5) is 11.2. The highest BCUT2D eigenvalue weighted by Gasteiger charge is 2.53. The highest BCUT2D eigenvalue weighted by atomic mass is 32.2. The maximum atomic E-state index is 11.7. The Morgan fingerprint density at radius 2 is 1.76 bits per heavy atom. The number of esters is 1. The molecule has 1 aliphatic carbocycles. The van der Waals surface area contributed by atoms with Crippen LogP contribution in [0.25, 0.3) is 0 Å². The summed E-state index contributed by atoms with van der Waals surface area (Å²) in [7, 11) is -1.78. The summed E-state index contributed by atoms with van der Waals surface area (Å²) in [5.41, 5.74) is 1.19. The van der Waals surface area contributed by atoms with Crippen LogP contribution in [0.1, 0.15) is 28.8 Å². The van der Waals surface area contributed by atoms with Gasteiger partial charge in [0.1, 0.15) is 0 Å². The summed E-state index contributed by atoms with van der Waals surface area (Å²) in [6.07, 6.45) is 2.57. The first-order valence-corrected chi connectivity index (χ1v) is 7.18. The van der Waals surface area contributed by atoms with Gasteiger partial charge in [-0.2, -0.15) is 0 Å². The lowest BCUT2D eigenvalue weighted by Crippen LogP contribution is -2.19. The number of carbonyl (C=O) groups excluding carboxylic acids is 1. The Hall–Kier alpha value is -1.36. The molecule has 17 heavy (non-hydrogen) atoms. The Balaban J connectivity index is 2.34. The topological polar surface area (TPSA) is 60.4 Å². The van der Waals surface area contributed by atoms with Crippen molar-refractivity contribution >= 4 is 15.8 Å². The van der Waals surface area contributed by atoms with E-state index in [1.54, 1.807) is 24.3 Å². The number of ether oxygens (including phenoxy) is 1. The van der Waals surface area contributed by atoms with E-state index >= 15 is 0 Å². The number of sulfone groups is 1. The van der Waals surface area contributed by atoms with Gasteiger partial charge in [-0.3, -0.25) is 0 Å². The molecule has 1 aromatic carbocycles. The summed E-state index contributed by atoms with van der Waals surface area (Å²) in [6, 6.07) is 6.60. The maximum Gasteiger partial charge on any atom is 0.337 e. The molecule has 0 atom stereocenters. The van der Waals surface area contributed by atoms with Crippen molar-refractivity contribution in [2.45, 2.75) is 17.6 Å². The number of hydrogen-bond donors (Lipinski definition) is 0. The molecule has 0 bridgehead atoms. The zero-order valence-corrected chi connectivity index (χ0v) is 10.6. The van der Waals surface area contributed by atoms with E-state index in [0.29, 0.717) is 18.4 Å². The van der Waals surface area contributed by atoms with Gasteiger partial charge in [-0.1, -0.05) is 12.1 Å². The van der Waals surface area contributed by atoms with Gasteiger partial charge in [0.15, 0.2) is 9.84 Å². The van der Waals surface area contributed by atoms with E-state index in [-0.39, 0.29) is 0 Å². The molecule has 0 aliphatic heterocycles. The van der Waals surface area contributed by atoms with E-state index in [1.807, 2.05) is 0 Å². The molecule has 2 rings (SSSR count). The molecule has 0 saturated heterocycles.